The van der Waals surface area contributed by atoms with Crippen LogP contribution in [0.2, 0.25) is 0 Å². The molecule has 10 aromatic rings. The predicted octanol–water partition coefficient (Wildman–Crippen LogP) is 12.1. The highest BCUT2D eigenvalue weighted by molar-refractivity contribution is 7.26. The number of hydrogen-bond donors (Lipinski definition) is 0. The van der Waals surface area contributed by atoms with Crippen molar-refractivity contribution in [2.24, 2.45) is 0 Å². The molecule has 0 saturated heterocycles. The maximum absolute atomic E-state index is 5.15. The van der Waals surface area contributed by atoms with Gasteiger partial charge in [-0.05, 0) is 66.3 Å². The number of allylic oxidation sites excluding steroid dienone is 1. The molecule has 4 nitrogen and oxygen atoms in total. The summed E-state index contributed by atoms with van der Waals surface area (Å²) in [6.45, 7) is 0. The fourth-order valence-corrected chi connectivity index (χ4v) is 11.6. The average molecular weight is 767 g/mol. The molecule has 6 heteroatoms. The lowest BCUT2D eigenvalue weighted by atomic mass is 9.99. The molecule has 2 aliphatic carbocycles. The van der Waals surface area contributed by atoms with Gasteiger partial charge in [-0.1, -0.05) is 133 Å². The Labute approximate surface area is 337 Å². The number of nitrogens with zero attached hydrogens (tertiary/aromatic N) is 4. The zero-order chi connectivity index (χ0) is 37.5. The molecule has 0 aliphatic heterocycles. The van der Waals surface area contributed by atoms with Gasteiger partial charge in [-0.25, -0.2) is 15.0 Å². The third-order valence-corrected chi connectivity index (χ3v) is 14.0. The van der Waals surface area contributed by atoms with Crippen molar-refractivity contribution in [2.75, 3.05) is 0 Å². The quantitative estimate of drug-likeness (QED) is 0.175. The molecule has 2 aliphatic rings. The highest BCUT2D eigenvalue weighted by atomic mass is 32.1. The summed E-state index contributed by atoms with van der Waals surface area (Å²) in [7, 11) is 0. The minimum Gasteiger partial charge on any atom is -0.312 e. The van der Waals surface area contributed by atoms with Crippen LogP contribution in [0.3, 0.4) is 0 Å². The first-order valence-electron chi connectivity index (χ1n) is 19.6. The third-order valence-electron chi connectivity index (χ3n) is 11.6. The van der Waals surface area contributed by atoms with Gasteiger partial charge in [0.1, 0.15) is 0 Å². The Morgan fingerprint density at radius 1 is 0.544 bits per heavy atom. The van der Waals surface area contributed by atoms with Crippen LogP contribution >= 0.6 is 22.7 Å². The van der Waals surface area contributed by atoms with Crippen molar-refractivity contribution in [3.63, 3.8) is 0 Å². The van der Waals surface area contributed by atoms with Crippen molar-refractivity contribution < 1.29 is 0 Å². The number of benzene rings is 6. The van der Waals surface area contributed by atoms with Crippen LogP contribution in [0.4, 0.5) is 0 Å². The molecule has 57 heavy (non-hydrogen) atoms. The first-order valence-corrected chi connectivity index (χ1v) is 21.3. The molecule has 270 valence electrons. The van der Waals surface area contributed by atoms with Crippen LogP contribution in [0.1, 0.15) is 36.3 Å². The number of aromatic nitrogens is 4. The van der Waals surface area contributed by atoms with Crippen LogP contribution in [0, 0.1) is 0 Å². The van der Waals surface area contributed by atoms with Crippen molar-refractivity contribution in [2.45, 2.75) is 25.7 Å². The van der Waals surface area contributed by atoms with Crippen LogP contribution < -0.4 is 9.75 Å². The van der Waals surface area contributed by atoms with E-state index in [1.54, 1.807) is 0 Å². The zero-order valence-electron chi connectivity index (χ0n) is 30.9. The van der Waals surface area contributed by atoms with E-state index in [9.17, 15) is 0 Å². The standard InChI is InChI=1S/C51H34N4S2/c1-3-14-31(15-4-1)49-52-50(32-16-5-2-6-17-32)54-51(53-49)40-23-12-22-38-37-21-11-20-34(47(37)57-48(38)40)33-28-29-39-45(30-33)56-44-27-13-26-43(46(39)44)55-41-24-9-7-18-35(41)36-19-8-10-25-42(36)55/h1-9,11,13-22,24,26-30H,10,12,23,25H2. The van der Waals surface area contributed by atoms with Crippen LogP contribution in [0.25, 0.3) is 98.5 Å². The van der Waals surface area contributed by atoms with Gasteiger partial charge in [0.05, 0.1) is 11.2 Å². The van der Waals surface area contributed by atoms with E-state index in [1.165, 1.54) is 84.6 Å². The summed E-state index contributed by atoms with van der Waals surface area (Å²) < 4.78 is 7.73. The van der Waals surface area contributed by atoms with E-state index in [4.69, 9.17) is 15.0 Å². The number of para-hydroxylation sites is 1. The largest absolute Gasteiger partial charge is 0.312 e. The summed E-state index contributed by atoms with van der Waals surface area (Å²) in [5, 5.41) is 6.57. The van der Waals surface area contributed by atoms with Gasteiger partial charge < -0.3 is 4.57 Å². The molecule has 0 bridgehead atoms. The molecule has 0 saturated carbocycles. The lowest BCUT2D eigenvalue weighted by molar-refractivity contribution is 0.892. The van der Waals surface area contributed by atoms with Crippen molar-refractivity contribution in [3.8, 4) is 39.6 Å². The number of fused-ring (bicyclic) bond motifs is 9. The van der Waals surface area contributed by atoms with Gasteiger partial charge in [0.25, 0.3) is 0 Å². The Morgan fingerprint density at radius 2 is 1.28 bits per heavy atom. The Bertz CT molecular complexity index is 3350. The van der Waals surface area contributed by atoms with Gasteiger partial charge in [0.2, 0.25) is 0 Å². The second-order valence-corrected chi connectivity index (χ2v) is 17.0. The van der Waals surface area contributed by atoms with Gasteiger partial charge in [-0.2, -0.15) is 0 Å². The Morgan fingerprint density at radius 3 is 2.11 bits per heavy atom. The molecule has 0 radical (unpaired) electrons. The monoisotopic (exact) mass is 766 g/mol. The molecule has 12 rings (SSSR count). The molecular weight excluding hydrogens is 733 g/mol. The maximum Gasteiger partial charge on any atom is 0.164 e. The molecule has 0 spiro atoms. The van der Waals surface area contributed by atoms with Crippen molar-refractivity contribution in [3.05, 3.63) is 172 Å². The van der Waals surface area contributed by atoms with Gasteiger partial charge >= 0.3 is 0 Å². The van der Waals surface area contributed by atoms with Crippen LogP contribution in [-0.4, -0.2) is 19.5 Å². The Balaban J connectivity index is 1.03. The van der Waals surface area contributed by atoms with Crippen LogP contribution in [-0.2, 0) is 6.42 Å². The molecule has 4 aromatic heterocycles. The summed E-state index contributed by atoms with van der Waals surface area (Å²) >= 11 is 3.78. The molecule has 0 fully saturated rings. The van der Waals surface area contributed by atoms with E-state index in [1.807, 2.05) is 59.1 Å². The van der Waals surface area contributed by atoms with E-state index >= 15 is 0 Å². The average Bonchev–Trinajstić information content (AvgIpc) is 3.96. The Kier molecular flexibility index (Phi) is 7.50. The van der Waals surface area contributed by atoms with Gasteiger partial charge in [-0.3, -0.25) is 0 Å². The van der Waals surface area contributed by atoms with Gasteiger partial charge in [0, 0.05) is 68.1 Å². The normalized spacial score (nSPS) is 13.7. The van der Waals surface area contributed by atoms with Crippen LogP contribution in [0.15, 0.2) is 146 Å². The first kappa shape index (κ1) is 32.7. The van der Waals surface area contributed by atoms with Crippen molar-refractivity contribution in [1.82, 2.24) is 19.5 Å². The minimum atomic E-state index is 0.700. The van der Waals surface area contributed by atoms with Gasteiger partial charge in [0.15, 0.2) is 17.5 Å². The summed E-state index contributed by atoms with van der Waals surface area (Å²) in [4.78, 5) is 15.3. The summed E-state index contributed by atoms with van der Waals surface area (Å²) in [6.07, 6.45) is 11.0. The maximum atomic E-state index is 5.15. The molecule has 0 N–H and O–H groups in total. The van der Waals surface area contributed by atoms with E-state index in [0.717, 1.165) is 42.6 Å². The third kappa shape index (κ3) is 5.21. The molecule has 0 atom stereocenters. The smallest absolute Gasteiger partial charge is 0.164 e. The lowest BCUT2D eigenvalue weighted by Crippen LogP contribution is -2.26. The molecule has 0 unspecified atom stereocenters. The fraction of sp³-hybridized carbons (Fsp3) is 0.0784. The lowest BCUT2D eigenvalue weighted by Gasteiger charge is -2.15. The molecular formula is C51H34N4S2. The summed E-state index contributed by atoms with van der Waals surface area (Å²) in [5.74, 6) is 2.16. The van der Waals surface area contributed by atoms with Crippen molar-refractivity contribution in [1.29, 1.82) is 0 Å². The topological polar surface area (TPSA) is 43.6 Å². The zero-order valence-corrected chi connectivity index (χ0v) is 32.6. The second kappa shape index (κ2) is 13.1. The van der Waals surface area contributed by atoms with E-state index < -0.39 is 0 Å². The number of hydrogen-bond acceptors (Lipinski definition) is 5. The van der Waals surface area contributed by atoms with E-state index in [-0.39, 0.29) is 0 Å². The minimum absolute atomic E-state index is 0.700. The number of rotatable bonds is 5. The first-order chi connectivity index (χ1) is 28.3. The highest BCUT2D eigenvalue weighted by Gasteiger charge is 2.22. The van der Waals surface area contributed by atoms with Crippen molar-refractivity contribution >= 4 is 81.6 Å². The summed E-state index contributed by atoms with van der Waals surface area (Å²) in [5.41, 5.74) is 11.0. The second-order valence-electron chi connectivity index (χ2n) is 14.9. The predicted molar refractivity (Wildman–Crippen MR) is 240 cm³/mol. The van der Waals surface area contributed by atoms with Gasteiger partial charge in [-0.15, -0.1) is 22.7 Å². The SMILES string of the molecule is C1=Cc2c(n(-c3cccc4sc5cc(-c6cccc7c8c(sc67)=C(c6nc(-c7ccccc7)nc(-c7ccccc7)n6)CCC=8)ccc5c34)c3ccccc23)CC1. The fourth-order valence-electron chi connectivity index (χ4n) is 9.03. The molecule has 6 aromatic carbocycles. The summed E-state index contributed by atoms with van der Waals surface area (Å²) in [6, 6.07) is 50.1. The molecule has 0 amide bonds. The van der Waals surface area contributed by atoms with Crippen LogP contribution in [0.5, 0.6) is 0 Å². The van der Waals surface area contributed by atoms with E-state index in [0.29, 0.717) is 11.6 Å². The van der Waals surface area contributed by atoms with E-state index in [2.05, 4.69) is 126 Å². The Hall–Kier alpha value is -6.47. The highest BCUT2D eigenvalue weighted by Crippen LogP contribution is 2.43. The number of thiophene rings is 2. The molecule has 4 heterocycles.